The molecule has 2 N–H and O–H groups in total. The van der Waals surface area contributed by atoms with Crippen LogP contribution in [0.25, 0.3) is 0 Å². The van der Waals surface area contributed by atoms with Crippen molar-refractivity contribution in [3.8, 4) is 5.75 Å². The Balaban J connectivity index is 1.95. The van der Waals surface area contributed by atoms with Gasteiger partial charge in [-0.25, -0.2) is 4.98 Å². The highest BCUT2D eigenvalue weighted by Gasteiger charge is 2.08. The molecule has 21 heavy (non-hydrogen) atoms. The van der Waals surface area contributed by atoms with Crippen molar-refractivity contribution in [3.05, 3.63) is 53.2 Å². The molecule has 0 radical (unpaired) electrons. The number of amides is 1. The molecular formula is C14H12ClN3O2S. The van der Waals surface area contributed by atoms with Gasteiger partial charge in [-0.1, -0.05) is 11.6 Å². The molecule has 0 aliphatic heterocycles. The van der Waals surface area contributed by atoms with Gasteiger partial charge >= 0.3 is 0 Å². The van der Waals surface area contributed by atoms with E-state index in [0.29, 0.717) is 22.2 Å². The van der Waals surface area contributed by atoms with Crippen LogP contribution in [0.1, 0.15) is 10.4 Å². The number of thiocarbonyl (C=S) groups is 1. The van der Waals surface area contributed by atoms with E-state index in [1.807, 2.05) is 0 Å². The second-order valence-electron chi connectivity index (χ2n) is 4.00. The second kappa shape index (κ2) is 7.01. The Hall–Kier alpha value is -2.18. The number of halogens is 1. The smallest absolute Gasteiger partial charge is 0.257 e. The van der Waals surface area contributed by atoms with Crippen molar-refractivity contribution < 1.29 is 9.53 Å². The van der Waals surface area contributed by atoms with Crippen molar-refractivity contribution in [1.29, 1.82) is 0 Å². The number of anilines is 1. The molecule has 108 valence electrons. The third-order valence-electron chi connectivity index (χ3n) is 2.55. The van der Waals surface area contributed by atoms with Crippen molar-refractivity contribution in [2.24, 2.45) is 0 Å². The lowest BCUT2D eigenvalue weighted by Crippen LogP contribution is -2.34. The number of benzene rings is 1. The average molecular weight is 322 g/mol. The van der Waals surface area contributed by atoms with Crippen molar-refractivity contribution in [2.75, 3.05) is 12.4 Å². The molecule has 0 fully saturated rings. The number of pyridine rings is 1. The minimum absolute atomic E-state index is 0.158. The van der Waals surface area contributed by atoms with Crippen LogP contribution in [0.15, 0.2) is 42.6 Å². The first-order chi connectivity index (χ1) is 10.1. The summed E-state index contributed by atoms with van der Waals surface area (Å²) in [6.07, 6.45) is 1.48. The minimum atomic E-state index is -0.316. The summed E-state index contributed by atoms with van der Waals surface area (Å²) in [5, 5.41) is 6.04. The minimum Gasteiger partial charge on any atom is -0.497 e. The number of carbonyl (C=O) groups is 1. The fourth-order valence-electron chi connectivity index (χ4n) is 1.52. The first kappa shape index (κ1) is 15.2. The lowest BCUT2D eigenvalue weighted by molar-refractivity contribution is 0.0977. The van der Waals surface area contributed by atoms with Gasteiger partial charge in [0, 0.05) is 11.8 Å². The molecule has 0 bridgehead atoms. The molecule has 0 spiro atoms. The summed E-state index contributed by atoms with van der Waals surface area (Å²) in [5.74, 6) is 0.862. The summed E-state index contributed by atoms with van der Waals surface area (Å²) < 4.78 is 5.03. The number of aromatic nitrogens is 1. The number of ether oxygens (including phenoxy) is 1. The number of carbonyl (C=O) groups excluding carboxylic acids is 1. The fraction of sp³-hybridized carbons (Fsp3) is 0.0714. The van der Waals surface area contributed by atoms with E-state index in [4.69, 9.17) is 28.6 Å². The van der Waals surface area contributed by atoms with E-state index in [0.717, 1.165) is 0 Å². The largest absolute Gasteiger partial charge is 0.497 e. The Morgan fingerprint density at radius 3 is 2.52 bits per heavy atom. The van der Waals surface area contributed by atoms with Crippen LogP contribution in [-0.2, 0) is 0 Å². The molecule has 2 aromatic rings. The van der Waals surface area contributed by atoms with E-state index >= 15 is 0 Å². The van der Waals surface area contributed by atoms with E-state index in [9.17, 15) is 4.79 Å². The molecule has 1 heterocycles. The number of nitrogens with zero attached hydrogens (tertiary/aromatic N) is 1. The number of nitrogens with one attached hydrogen (secondary N) is 2. The Morgan fingerprint density at radius 2 is 1.95 bits per heavy atom. The normalized spacial score (nSPS) is 9.81. The van der Waals surface area contributed by atoms with Gasteiger partial charge in [0.15, 0.2) is 5.11 Å². The van der Waals surface area contributed by atoms with Gasteiger partial charge in [-0.2, -0.15) is 0 Å². The maximum atomic E-state index is 12.0. The molecule has 1 amide bonds. The molecular weight excluding hydrogens is 310 g/mol. The molecule has 0 saturated heterocycles. The number of methoxy groups -OCH3 is 1. The molecule has 0 aliphatic rings. The zero-order valence-corrected chi connectivity index (χ0v) is 12.7. The number of hydrogen-bond donors (Lipinski definition) is 2. The Kier molecular flexibility index (Phi) is 5.08. The van der Waals surface area contributed by atoms with E-state index < -0.39 is 0 Å². The number of rotatable bonds is 3. The van der Waals surface area contributed by atoms with Crippen LogP contribution < -0.4 is 15.4 Å². The van der Waals surface area contributed by atoms with Gasteiger partial charge < -0.3 is 10.1 Å². The highest BCUT2D eigenvalue weighted by atomic mass is 35.5. The number of hydrogen-bond acceptors (Lipinski definition) is 4. The molecule has 7 heteroatoms. The Morgan fingerprint density at radius 1 is 1.24 bits per heavy atom. The highest BCUT2D eigenvalue weighted by Crippen LogP contribution is 2.11. The molecule has 0 saturated carbocycles. The van der Waals surface area contributed by atoms with Crippen LogP contribution in [-0.4, -0.2) is 23.1 Å². The van der Waals surface area contributed by atoms with Crippen LogP contribution in [0.4, 0.5) is 5.82 Å². The summed E-state index contributed by atoms with van der Waals surface area (Å²) >= 11 is 10.8. The lowest BCUT2D eigenvalue weighted by Gasteiger charge is -2.09. The van der Waals surface area contributed by atoms with E-state index in [1.54, 1.807) is 43.5 Å². The molecule has 0 atom stereocenters. The summed E-state index contributed by atoms with van der Waals surface area (Å²) in [7, 11) is 1.56. The predicted octanol–water partition coefficient (Wildman–Crippen LogP) is 2.87. The van der Waals surface area contributed by atoms with Crippen LogP contribution in [0, 0.1) is 0 Å². The molecule has 1 aromatic heterocycles. The maximum absolute atomic E-state index is 12.0. The summed E-state index contributed by atoms with van der Waals surface area (Å²) in [6, 6.07) is 10.0. The van der Waals surface area contributed by atoms with Crippen molar-refractivity contribution in [2.45, 2.75) is 0 Å². The lowest BCUT2D eigenvalue weighted by atomic mass is 10.2. The van der Waals surface area contributed by atoms with Gasteiger partial charge in [-0.05, 0) is 48.6 Å². The quantitative estimate of drug-likeness (QED) is 0.851. The zero-order valence-electron chi connectivity index (χ0n) is 11.1. The molecule has 1 aromatic carbocycles. The fourth-order valence-corrected chi connectivity index (χ4v) is 1.82. The summed E-state index contributed by atoms with van der Waals surface area (Å²) in [6.45, 7) is 0. The van der Waals surface area contributed by atoms with E-state index in [-0.39, 0.29) is 11.0 Å². The first-order valence-electron chi connectivity index (χ1n) is 5.96. The highest BCUT2D eigenvalue weighted by molar-refractivity contribution is 7.80. The average Bonchev–Trinajstić information content (AvgIpc) is 2.49. The van der Waals surface area contributed by atoms with Crippen LogP contribution in [0.5, 0.6) is 5.75 Å². The van der Waals surface area contributed by atoms with Gasteiger partial charge in [0.05, 0.1) is 12.1 Å². The second-order valence-corrected chi connectivity index (χ2v) is 4.84. The van der Waals surface area contributed by atoms with Crippen molar-refractivity contribution in [3.63, 3.8) is 0 Å². The molecule has 0 aliphatic carbocycles. The van der Waals surface area contributed by atoms with Crippen LogP contribution in [0.2, 0.25) is 5.02 Å². The third-order valence-corrected chi connectivity index (χ3v) is 2.98. The zero-order chi connectivity index (χ0) is 15.2. The van der Waals surface area contributed by atoms with Gasteiger partial charge in [-0.15, -0.1) is 0 Å². The summed E-state index contributed by atoms with van der Waals surface area (Å²) in [4.78, 5) is 16.0. The predicted molar refractivity (Wildman–Crippen MR) is 85.9 cm³/mol. The maximum Gasteiger partial charge on any atom is 0.257 e. The first-order valence-corrected chi connectivity index (χ1v) is 6.75. The van der Waals surface area contributed by atoms with Gasteiger partial charge in [0.2, 0.25) is 0 Å². The summed E-state index contributed by atoms with van der Waals surface area (Å²) in [5.41, 5.74) is 0.476. The van der Waals surface area contributed by atoms with E-state index in [1.165, 1.54) is 6.20 Å². The SMILES string of the molecule is COc1ccc(C(=O)NC(=S)Nc2ccc(Cl)cn2)cc1. The van der Waals surface area contributed by atoms with Gasteiger partial charge in [-0.3, -0.25) is 10.1 Å². The van der Waals surface area contributed by atoms with Crippen LogP contribution >= 0.6 is 23.8 Å². The van der Waals surface area contributed by atoms with E-state index in [2.05, 4.69) is 15.6 Å². The van der Waals surface area contributed by atoms with Gasteiger partial charge in [0.25, 0.3) is 5.91 Å². The Labute approximate surface area is 132 Å². The van der Waals surface area contributed by atoms with Crippen molar-refractivity contribution in [1.82, 2.24) is 10.3 Å². The molecule has 0 unspecified atom stereocenters. The topological polar surface area (TPSA) is 63.2 Å². The standard InChI is InChI=1S/C14H12ClN3O2S/c1-20-11-5-2-9(3-6-11)13(19)18-14(21)17-12-7-4-10(15)8-16-12/h2-8H,1H3,(H2,16,17,18,19,21). The Bertz CT molecular complexity index is 644. The molecule has 2 rings (SSSR count). The van der Waals surface area contributed by atoms with Gasteiger partial charge in [0.1, 0.15) is 11.6 Å². The van der Waals surface area contributed by atoms with Crippen molar-refractivity contribution >= 4 is 40.7 Å². The molecule has 5 nitrogen and oxygen atoms in total. The third kappa shape index (κ3) is 4.40. The monoisotopic (exact) mass is 321 g/mol. The van der Waals surface area contributed by atoms with Crippen LogP contribution in [0.3, 0.4) is 0 Å².